The standard InChI is InChI=1S/C16H28N2/c1-6-18(12-14(4)5)16-9-7-8-15(10-16)17-11-13(2)3/h7-10,13-14,17H,6,11-12H2,1-5H3. The SMILES string of the molecule is CCN(CC(C)C)c1cccc(NCC(C)C)c1. The van der Waals surface area contributed by atoms with E-state index in [1.54, 1.807) is 0 Å². The van der Waals surface area contributed by atoms with Gasteiger partial charge in [0.2, 0.25) is 0 Å². The Balaban J connectivity index is 2.72. The van der Waals surface area contributed by atoms with Crippen molar-refractivity contribution in [3.05, 3.63) is 24.3 Å². The maximum atomic E-state index is 3.49. The van der Waals surface area contributed by atoms with Crippen molar-refractivity contribution >= 4 is 11.4 Å². The van der Waals surface area contributed by atoms with Gasteiger partial charge >= 0.3 is 0 Å². The Hall–Kier alpha value is -1.18. The summed E-state index contributed by atoms with van der Waals surface area (Å²) in [5.74, 6) is 1.36. The maximum absolute atomic E-state index is 3.49. The number of anilines is 2. The average Bonchev–Trinajstić information content (AvgIpc) is 2.33. The van der Waals surface area contributed by atoms with Crippen molar-refractivity contribution in [3.63, 3.8) is 0 Å². The molecule has 0 atom stereocenters. The van der Waals surface area contributed by atoms with Crippen LogP contribution in [0.3, 0.4) is 0 Å². The van der Waals surface area contributed by atoms with Gasteiger partial charge < -0.3 is 10.2 Å². The Bertz CT molecular complexity index is 345. The second-order valence-electron chi connectivity index (χ2n) is 5.76. The van der Waals surface area contributed by atoms with Gasteiger partial charge in [0.25, 0.3) is 0 Å². The van der Waals surface area contributed by atoms with E-state index >= 15 is 0 Å². The van der Waals surface area contributed by atoms with Crippen molar-refractivity contribution in [3.8, 4) is 0 Å². The minimum absolute atomic E-state index is 0.673. The van der Waals surface area contributed by atoms with Gasteiger partial charge in [-0.1, -0.05) is 33.8 Å². The first kappa shape index (κ1) is 14.9. The molecule has 1 aromatic carbocycles. The third-order valence-electron chi connectivity index (χ3n) is 2.89. The lowest BCUT2D eigenvalue weighted by atomic mass is 10.1. The zero-order chi connectivity index (χ0) is 13.5. The molecule has 18 heavy (non-hydrogen) atoms. The molecule has 0 unspecified atom stereocenters. The summed E-state index contributed by atoms with van der Waals surface area (Å²) in [4.78, 5) is 2.44. The fourth-order valence-corrected chi connectivity index (χ4v) is 1.99. The number of hydrogen-bond donors (Lipinski definition) is 1. The summed E-state index contributed by atoms with van der Waals surface area (Å²) in [6, 6.07) is 8.75. The highest BCUT2D eigenvalue weighted by Gasteiger charge is 2.07. The number of nitrogens with one attached hydrogen (secondary N) is 1. The molecule has 0 aliphatic carbocycles. The molecule has 0 saturated heterocycles. The van der Waals surface area contributed by atoms with E-state index in [1.807, 2.05) is 0 Å². The van der Waals surface area contributed by atoms with Crippen molar-refractivity contribution in [2.24, 2.45) is 11.8 Å². The molecule has 1 rings (SSSR count). The van der Waals surface area contributed by atoms with Gasteiger partial charge in [0.1, 0.15) is 0 Å². The van der Waals surface area contributed by atoms with E-state index in [1.165, 1.54) is 11.4 Å². The van der Waals surface area contributed by atoms with Crippen LogP contribution in [0.4, 0.5) is 11.4 Å². The predicted octanol–water partition coefficient (Wildman–Crippen LogP) is 4.24. The topological polar surface area (TPSA) is 15.3 Å². The first-order valence-electron chi connectivity index (χ1n) is 7.11. The molecule has 2 nitrogen and oxygen atoms in total. The molecule has 0 aromatic heterocycles. The predicted molar refractivity (Wildman–Crippen MR) is 82.5 cm³/mol. The number of benzene rings is 1. The molecule has 0 amide bonds. The monoisotopic (exact) mass is 248 g/mol. The zero-order valence-electron chi connectivity index (χ0n) is 12.5. The first-order chi connectivity index (χ1) is 8.52. The van der Waals surface area contributed by atoms with Crippen LogP contribution in [0.5, 0.6) is 0 Å². The Morgan fingerprint density at radius 2 is 1.83 bits per heavy atom. The minimum Gasteiger partial charge on any atom is -0.385 e. The lowest BCUT2D eigenvalue weighted by Crippen LogP contribution is -2.27. The van der Waals surface area contributed by atoms with Crippen LogP contribution in [0.1, 0.15) is 34.6 Å². The first-order valence-corrected chi connectivity index (χ1v) is 7.11. The quantitative estimate of drug-likeness (QED) is 0.776. The lowest BCUT2D eigenvalue weighted by molar-refractivity contribution is 0.619. The molecule has 0 radical (unpaired) electrons. The van der Waals surface area contributed by atoms with E-state index in [0.717, 1.165) is 19.6 Å². The van der Waals surface area contributed by atoms with Gasteiger partial charge in [0, 0.05) is 31.0 Å². The normalized spacial score (nSPS) is 11.1. The third kappa shape index (κ3) is 4.99. The summed E-state index contributed by atoms with van der Waals surface area (Å²) in [5, 5.41) is 3.49. The van der Waals surface area contributed by atoms with E-state index in [4.69, 9.17) is 0 Å². The molecule has 2 heteroatoms. The summed E-state index contributed by atoms with van der Waals surface area (Å²) in [6.07, 6.45) is 0. The van der Waals surface area contributed by atoms with Crippen molar-refractivity contribution in [1.29, 1.82) is 0 Å². The zero-order valence-corrected chi connectivity index (χ0v) is 12.5. The summed E-state index contributed by atoms with van der Waals surface area (Å²) in [7, 11) is 0. The third-order valence-corrected chi connectivity index (χ3v) is 2.89. The van der Waals surface area contributed by atoms with Crippen LogP contribution >= 0.6 is 0 Å². The van der Waals surface area contributed by atoms with Crippen molar-refractivity contribution in [2.75, 3.05) is 29.9 Å². The van der Waals surface area contributed by atoms with Crippen LogP contribution in [-0.2, 0) is 0 Å². The van der Waals surface area contributed by atoms with Gasteiger partial charge in [-0.2, -0.15) is 0 Å². The Morgan fingerprint density at radius 1 is 1.11 bits per heavy atom. The molecule has 1 aromatic rings. The molecule has 0 saturated carbocycles. The number of rotatable bonds is 7. The summed E-state index contributed by atoms with van der Waals surface area (Å²) in [6.45, 7) is 14.4. The van der Waals surface area contributed by atoms with Gasteiger partial charge in [-0.05, 0) is 37.0 Å². The molecular formula is C16H28N2. The smallest absolute Gasteiger partial charge is 0.0386 e. The van der Waals surface area contributed by atoms with Gasteiger partial charge in [-0.3, -0.25) is 0 Å². The molecule has 1 N–H and O–H groups in total. The molecular weight excluding hydrogens is 220 g/mol. The van der Waals surface area contributed by atoms with Crippen LogP contribution in [-0.4, -0.2) is 19.6 Å². The van der Waals surface area contributed by atoms with Crippen molar-refractivity contribution < 1.29 is 0 Å². The highest BCUT2D eigenvalue weighted by Crippen LogP contribution is 2.20. The molecule has 0 aliphatic rings. The summed E-state index contributed by atoms with van der Waals surface area (Å²) < 4.78 is 0. The fraction of sp³-hybridized carbons (Fsp3) is 0.625. The van der Waals surface area contributed by atoms with Crippen LogP contribution < -0.4 is 10.2 Å². The maximum Gasteiger partial charge on any atom is 0.0386 e. The van der Waals surface area contributed by atoms with Gasteiger partial charge in [0.15, 0.2) is 0 Å². The van der Waals surface area contributed by atoms with Crippen LogP contribution in [0.15, 0.2) is 24.3 Å². The van der Waals surface area contributed by atoms with Crippen molar-refractivity contribution in [2.45, 2.75) is 34.6 Å². The number of hydrogen-bond acceptors (Lipinski definition) is 2. The molecule has 102 valence electrons. The molecule has 0 aliphatic heterocycles. The van der Waals surface area contributed by atoms with Crippen molar-refractivity contribution in [1.82, 2.24) is 0 Å². The summed E-state index contributed by atoms with van der Waals surface area (Å²) >= 11 is 0. The summed E-state index contributed by atoms with van der Waals surface area (Å²) in [5.41, 5.74) is 2.54. The Kier molecular flexibility index (Phi) is 6.03. The highest BCUT2D eigenvalue weighted by molar-refractivity contribution is 5.58. The van der Waals surface area contributed by atoms with E-state index in [2.05, 4.69) is 69.1 Å². The second-order valence-corrected chi connectivity index (χ2v) is 5.76. The van der Waals surface area contributed by atoms with E-state index in [9.17, 15) is 0 Å². The lowest BCUT2D eigenvalue weighted by Gasteiger charge is -2.25. The highest BCUT2D eigenvalue weighted by atomic mass is 15.1. The largest absolute Gasteiger partial charge is 0.385 e. The molecule has 0 heterocycles. The second kappa shape index (κ2) is 7.30. The fourth-order valence-electron chi connectivity index (χ4n) is 1.99. The van der Waals surface area contributed by atoms with Crippen LogP contribution in [0, 0.1) is 11.8 Å². The van der Waals surface area contributed by atoms with Gasteiger partial charge in [0.05, 0.1) is 0 Å². The van der Waals surface area contributed by atoms with Crippen LogP contribution in [0.2, 0.25) is 0 Å². The number of nitrogens with zero attached hydrogens (tertiary/aromatic N) is 1. The van der Waals surface area contributed by atoms with Crippen LogP contribution in [0.25, 0.3) is 0 Å². The van der Waals surface area contributed by atoms with E-state index in [0.29, 0.717) is 11.8 Å². The molecule has 0 fully saturated rings. The Morgan fingerprint density at radius 3 is 2.39 bits per heavy atom. The molecule has 0 bridgehead atoms. The van der Waals surface area contributed by atoms with E-state index < -0.39 is 0 Å². The minimum atomic E-state index is 0.673. The molecule has 0 spiro atoms. The Labute approximate surface area is 112 Å². The van der Waals surface area contributed by atoms with Gasteiger partial charge in [-0.25, -0.2) is 0 Å². The average molecular weight is 248 g/mol. The van der Waals surface area contributed by atoms with E-state index in [-0.39, 0.29) is 0 Å². The van der Waals surface area contributed by atoms with Gasteiger partial charge in [-0.15, -0.1) is 0 Å².